The zero-order chi connectivity index (χ0) is 22.7. The van der Waals surface area contributed by atoms with Crippen LogP contribution in [0.3, 0.4) is 0 Å². The second-order valence-electron chi connectivity index (χ2n) is 7.85. The van der Waals surface area contributed by atoms with E-state index in [1.807, 2.05) is 0 Å². The lowest BCUT2D eigenvalue weighted by molar-refractivity contribution is 0.0941. The maximum absolute atomic E-state index is 13.9. The van der Waals surface area contributed by atoms with Gasteiger partial charge in [-0.1, -0.05) is 24.6 Å². The number of imidazole rings is 1. The molecule has 2 heterocycles. The van der Waals surface area contributed by atoms with Crippen LogP contribution in [0.4, 0.5) is 4.39 Å². The Labute approximate surface area is 186 Å². The Morgan fingerprint density at radius 3 is 2.53 bits per heavy atom. The molecule has 3 aromatic rings. The van der Waals surface area contributed by atoms with Crippen molar-refractivity contribution in [3.05, 3.63) is 83.7 Å². The van der Waals surface area contributed by atoms with Crippen LogP contribution in [0, 0.1) is 5.82 Å². The van der Waals surface area contributed by atoms with E-state index < -0.39 is 27.8 Å². The quantitative estimate of drug-likeness (QED) is 0.617. The highest BCUT2D eigenvalue weighted by atomic mass is 32.2. The van der Waals surface area contributed by atoms with Crippen LogP contribution >= 0.6 is 0 Å². The molecule has 1 aliphatic rings. The van der Waals surface area contributed by atoms with Gasteiger partial charge in [0.2, 0.25) is 10.0 Å². The first-order valence-corrected chi connectivity index (χ1v) is 11.9. The predicted octanol–water partition coefficient (Wildman–Crippen LogP) is 3.25. The summed E-state index contributed by atoms with van der Waals surface area (Å²) in [6, 6.07) is 11.3. The highest BCUT2D eigenvalue weighted by molar-refractivity contribution is 7.89. The van der Waals surface area contributed by atoms with Crippen molar-refractivity contribution in [1.82, 2.24) is 19.2 Å². The lowest BCUT2D eigenvalue weighted by Crippen LogP contribution is -2.36. The molecule has 1 aromatic heterocycles. The van der Waals surface area contributed by atoms with Gasteiger partial charge in [0.1, 0.15) is 17.7 Å². The van der Waals surface area contributed by atoms with Crippen LogP contribution in [-0.4, -0.2) is 41.3 Å². The fourth-order valence-corrected chi connectivity index (χ4v) is 5.47. The minimum Gasteiger partial charge on any atom is -0.338 e. The molecular formula is C23H25FN4O3S. The van der Waals surface area contributed by atoms with E-state index >= 15 is 0 Å². The molecule has 1 unspecified atom stereocenters. The Morgan fingerprint density at radius 1 is 1.09 bits per heavy atom. The fraction of sp³-hybridized carbons (Fsp3) is 0.304. The van der Waals surface area contributed by atoms with Crippen LogP contribution in [0.25, 0.3) is 0 Å². The molecule has 168 valence electrons. The number of nitrogens with one attached hydrogen (secondary N) is 1. The molecule has 32 heavy (non-hydrogen) atoms. The molecule has 7 nitrogen and oxygen atoms in total. The summed E-state index contributed by atoms with van der Waals surface area (Å²) in [5.41, 5.74) is 0.739. The van der Waals surface area contributed by atoms with E-state index in [1.165, 1.54) is 28.6 Å². The molecular weight excluding hydrogens is 431 g/mol. The molecule has 0 bridgehead atoms. The Hall–Kier alpha value is -3.04. The molecule has 1 aliphatic heterocycles. The zero-order valence-corrected chi connectivity index (χ0v) is 18.6. The first-order valence-electron chi connectivity index (χ1n) is 10.5. The van der Waals surface area contributed by atoms with Crippen molar-refractivity contribution in [2.24, 2.45) is 7.05 Å². The molecule has 1 saturated heterocycles. The number of sulfonamides is 1. The highest BCUT2D eigenvalue weighted by Crippen LogP contribution is 2.24. The van der Waals surface area contributed by atoms with Crippen LogP contribution in [0.2, 0.25) is 0 Å². The van der Waals surface area contributed by atoms with Gasteiger partial charge in [-0.2, -0.15) is 4.31 Å². The number of nitrogens with zero attached hydrogens (tertiary/aromatic N) is 3. The number of carbonyl (C=O) groups excluding carboxylic acids is 1. The number of hydrogen-bond donors (Lipinski definition) is 1. The Bertz CT molecular complexity index is 1220. The maximum atomic E-state index is 13.9. The topological polar surface area (TPSA) is 84.3 Å². The van der Waals surface area contributed by atoms with Crippen molar-refractivity contribution in [2.75, 3.05) is 13.1 Å². The summed E-state index contributed by atoms with van der Waals surface area (Å²) in [7, 11) is -1.88. The average molecular weight is 457 g/mol. The van der Waals surface area contributed by atoms with E-state index in [9.17, 15) is 17.6 Å². The standard InChI is InChI=1S/C23H25FN4O3S/c1-27-14-11-25-22(27)21(17-7-5-9-19(24)15-17)26-23(29)18-8-6-10-20(16-18)32(30,31)28-12-3-2-4-13-28/h5-11,14-16,21H,2-4,12-13H2,1H3,(H,26,29). The number of amides is 1. The smallest absolute Gasteiger partial charge is 0.252 e. The lowest BCUT2D eigenvalue weighted by Gasteiger charge is -2.26. The third kappa shape index (κ3) is 4.58. The SMILES string of the molecule is Cn1ccnc1C(NC(=O)c1cccc(S(=O)(=O)N2CCCCC2)c1)c1cccc(F)c1. The van der Waals surface area contributed by atoms with E-state index in [0.29, 0.717) is 24.5 Å². The van der Waals surface area contributed by atoms with Crippen molar-refractivity contribution in [3.63, 3.8) is 0 Å². The van der Waals surface area contributed by atoms with Gasteiger partial charge in [0.15, 0.2) is 0 Å². The van der Waals surface area contributed by atoms with Crippen molar-refractivity contribution in [1.29, 1.82) is 0 Å². The normalized spacial score (nSPS) is 15.9. The number of rotatable bonds is 6. The van der Waals surface area contributed by atoms with Gasteiger partial charge >= 0.3 is 0 Å². The number of benzene rings is 2. The zero-order valence-electron chi connectivity index (χ0n) is 17.7. The molecule has 1 amide bonds. The third-order valence-corrected chi connectivity index (χ3v) is 7.52. The molecule has 1 fully saturated rings. The van der Waals surface area contributed by atoms with Gasteiger partial charge in [0, 0.05) is 38.1 Å². The maximum Gasteiger partial charge on any atom is 0.252 e. The average Bonchev–Trinajstić information content (AvgIpc) is 3.23. The molecule has 4 rings (SSSR count). The second-order valence-corrected chi connectivity index (χ2v) is 9.79. The Balaban J connectivity index is 1.63. The molecule has 0 saturated carbocycles. The summed E-state index contributed by atoms with van der Waals surface area (Å²) >= 11 is 0. The van der Waals surface area contributed by atoms with Gasteiger partial charge in [-0.15, -0.1) is 0 Å². The van der Waals surface area contributed by atoms with Crippen molar-refractivity contribution in [3.8, 4) is 0 Å². The van der Waals surface area contributed by atoms with Crippen LogP contribution in [0.15, 0.2) is 65.8 Å². The number of piperidine rings is 1. The lowest BCUT2D eigenvalue weighted by atomic mass is 10.0. The van der Waals surface area contributed by atoms with Gasteiger partial charge in [0.05, 0.1) is 4.90 Å². The fourth-order valence-electron chi connectivity index (χ4n) is 3.90. The largest absolute Gasteiger partial charge is 0.338 e. The van der Waals surface area contributed by atoms with E-state index in [0.717, 1.165) is 19.3 Å². The number of aromatic nitrogens is 2. The minimum absolute atomic E-state index is 0.0892. The number of carbonyl (C=O) groups is 1. The molecule has 0 radical (unpaired) electrons. The monoisotopic (exact) mass is 456 g/mol. The van der Waals surface area contributed by atoms with E-state index in [2.05, 4.69) is 10.3 Å². The second kappa shape index (κ2) is 9.22. The molecule has 1 N–H and O–H groups in total. The van der Waals surface area contributed by atoms with Crippen LogP contribution < -0.4 is 5.32 Å². The van der Waals surface area contributed by atoms with Crippen molar-refractivity contribution >= 4 is 15.9 Å². The Kier molecular flexibility index (Phi) is 6.38. The van der Waals surface area contributed by atoms with E-state index in [4.69, 9.17) is 0 Å². The molecule has 0 aliphatic carbocycles. The van der Waals surface area contributed by atoms with Crippen LogP contribution in [-0.2, 0) is 17.1 Å². The van der Waals surface area contributed by atoms with Crippen LogP contribution in [0.1, 0.15) is 47.1 Å². The van der Waals surface area contributed by atoms with E-state index in [1.54, 1.807) is 48.3 Å². The third-order valence-electron chi connectivity index (χ3n) is 5.62. The summed E-state index contributed by atoms with van der Waals surface area (Å²) in [5.74, 6) is -0.371. The molecule has 2 aromatic carbocycles. The molecule has 0 spiro atoms. The summed E-state index contributed by atoms with van der Waals surface area (Å²) in [4.78, 5) is 17.5. The van der Waals surface area contributed by atoms with Gasteiger partial charge < -0.3 is 9.88 Å². The van der Waals surface area contributed by atoms with Crippen LogP contribution in [0.5, 0.6) is 0 Å². The van der Waals surface area contributed by atoms with Crippen molar-refractivity contribution in [2.45, 2.75) is 30.2 Å². The minimum atomic E-state index is -3.67. The van der Waals surface area contributed by atoms with E-state index in [-0.39, 0.29) is 10.5 Å². The van der Waals surface area contributed by atoms with Gasteiger partial charge in [-0.3, -0.25) is 4.79 Å². The number of hydrogen-bond acceptors (Lipinski definition) is 4. The summed E-state index contributed by atoms with van der Waals surface area (Å²) in [6.45, 7) is 0.971. The van der Waals surface area contributed by atoms with Gasteiger partial charge in [-0.05, 0) is 48.7 Å². The molecule has 1 atom stereocenters. The van der Waals surface area contributed by atoms with Gasteiger partial charge in [0.25, 0.3) is 5.91 Å². The number of halogens is 1. The predicted molar refractivity (Wildman–Crippen MR) is 118 cm³/mol. The first-order chi connectivity index (χ1) is 15.4. The van der Waals surface area contributed by atoms with Gasteiger partial charge in [-0.25, -0.2) is 17.8 Å². The summed E-state index contributed by atoms with van der Waals surface area (Å²) < 4.78 is 43.1. The molecule has 9 heteroatoms. The van der Waals surface area contributed by atoms with Crippen molar-refractivity contribution < 1.29 is 17.6 Å². The summed E-state index contributed by atoms with van der Waals surface area (Å²) in [5, 5.41) is 2.88. The summed E-state index contributed by atoms with van der Waals surface area (Å²) in [6.07, 6.45) is 6.01. The Morgan fingerprint density at radius 2 is 1.84 bits per heavy atom. The first kappa shape index (κ1) is 22.2. The highest BCUT2D eigenvalue weighted by Gasteiger charge is 2.27. The number of aryl methyl sites for hydroxylation is 1.